The van der Waals surface area contributed by atoms with Crippen LogP contribution in [0.2, 0.25) is 0 Å². The maximum absolute atomic E-state index is 11.2. The molecule has 1 aromatic heterocycles. The van der Waals surface area contributed by atoms with Crippen LogP contribution in [0.1, 0.15) is 31.0 Å². The van der Waals surface area contributed by atoms with Crippen LogP contribution < -0.4 is 0 Å². The number of thiazole rings is 1. The van der Waals surface area contributed by atoms with Gasteiger partial charge in [0.2, 0.25) is 0 Å². The van der Waals surface area contributed by atoms with Crippen LogP contribution in [0.4, 0.5) is 0 Å². The predicted molar refractivity (Wildman–Crippen MR) is 92.5 cm³/mol. The first-order chi connectivity index (χ1) is 11.0. The maximum Gasteiger partial charge on any atom is 0.307 e. The highest BCUT2D eigenvalue weighted by atomic mass is 32.1. The van der Waals surface area contributed by atoms with Gasteiger partial charge in [-0.15, -0.1) is 11.3 Å². The van der Waals surface area contributed by atoms with E-state index in [2.05, 4.69) is 48.4 Å². The highest BCUT2D eigenvalue weighted by Crippen LogP contribution is 2.27. The third kappa shape index (κ3) is 3.79. The van der Waals surface area contributed by atoms with Gasteiger partial charge in [-0.1, -0.05) is 29.8 Å². The van der Waals surface area contributed by atoms with Crippen molar-refractivity contribution < 1.29 is 9.90 Å². The van der Waals surface area contributed by atoms with Crippen molar-refractivity contribution in [1.82, 2.24) is 9.88 Å². The Balaban J connectivity index is 1.70. The lowest BCUT2D eigenvalue weighted by Gasteiger charge is -2.35. The van der Waals surface area contributed by atoms with Gasteiger partial charge >= 0.3 is 5.97 Å². The lowest BCUT2D eigenvalue weighted by Crippen LogP contribution is -2.43. The van der Waals surface area contributed by atoms with E-state index in [1.54, 1.807) is 11.3 Å². The average molecular weight is 330 g/mol. The van der Waals surface area contributed by atoms with E-state index in [1.807, 2.05) is 0 Å². The number of likely N-dealkylation sites (tertiary alicyclic amines) is 1. The summed E-state index contributed by atoms with van der Waals surface area (Å²) in [5.41, 5.74) is 3.41. The summed E-state index contributed by atoms with van der Waals surface area (Å²) in [6, 6.07) is 8.81. The lowest BCUT2D eigenvalue weighted by molar-refractivity contribution is -0.144. The Kier molecular flexibility index (Phi) is 4.78. The van der Waals surface area contributed by atoms with E-state index in [0.29, 0.717) is 12.6 Å². The molecule has 4 nitrogen and oxygen atoms in total. The van der Waals surface area contributed by atoms with Gasteiger partial charge in [0.1, 0.15) is 5.01 Å². The van der Waals surface area contributed by atoms with Gasteiger partial charge in [-0.3, -0.25) is 9.69 Å². The minimum atomic E-state index is -0.680. The van der Waals surface area contributed by atoms with E-state index in [4.69, 9.17) is 4.98 Å². The number of carboxylic acids is 1. The zero-order chi connectivity index (χ0) is 16.4. The van der Waals surface area contributed by atoms with Crippen molar-refractivity contribution >= 4 is 17.3 Å². The van der Waals surface area contributed by atoms with Crippen molar-refractivity contribution in [2.45, 2.75) is 39.3 Å². The van der Waals surface area contributed by atoms with Crippen LogP contribution in [-0.2, 0) is 11.3 Å². The molecule has 3 rings (SSSR count). The molecule has 0 spiro atoms. The number of aromatic nitrogens is 1. The quantitative estimate of drug-likeness (QED) is 0.926. The van der Waals surface area contributed by atoms with Crippen molar-refractivity contribution in [2.24, 2.45) is 5.92 Å². The molecule has 5 heteroatoms. The SMILES string of the molecule is Cc1ccc(-c2nc(CN3CC(C(=O)O)CCC3C)cs2)cc1. The molecule has 2 aromatic rings. The number of nitrogens with zero attached hydrogens (tertiary/aromatic N) is 2. The molecule has 1 N–H and O–H groups in total. The number of aryl methyl sites for hydroxylation is 1. The number of aliphatic carboxylic acids is 1. The monoisotopic (exact) mass is 330 g/mol. The zero-order valence-corrected chi connectivity index (χ0v) is 14.3. The summed E-state index contributed by atoms with van der Waals surface area (Å²) < 4.78 is 0. The van der Waals surface area contributed by atoms with Crippen molar-refractivity contribution in [3.63, 3.8) is 0 Å². The van der Waals surface area contributed by atoms with E-state index in [-0.39, 0.29) is 5.92 Å². The largest absolute Gasteiger partial charge is 0.481 e. The summed E-state index contributed by atoms with van der Waals surface area (Å²) >= 11 is 1.65. The van der Waals surface area contributed by atoms with Crippen molar-refractivity contribution in [3.8, 4) is 10.6 Å². The first-order valence-electron chi connectivity index (χ1n) is 8.01. The van der Waals surface area contributed by atoms with Crippen molar-refractivity contribution in [2.75, 3.05) is 6.54 Å². The first kappa shape index (κ1) is 16.1. The normalized spacial score (nSPS) is 22.2. The highest BCUT2D eigenvalue weighted by molar-refractivity contribution is 7.13. The average Bonchev–Trinajstić information content (AvgIpc) is 2.98. The summed E-state index contributed by atoms with van der Waals surface area (Å²) in [7, 11) is 0. The topological polar surface area (TPSA) is 53.4 Å². The van der Waals surface area contributed by atoms with Gasteiger partial charge in [0.25, 0.3) is 0 Å². The fraction of sp³-hybridized carbons (Fsp3) is 0.444. The van der Waals surface area contributed by atoms with Crippen LogP contribution >= 0.6 is 11.3 Å². The number of rotatable bonds is 4. The molecule has 23 heavy (non-hydrogen) atoms. The second kappa shape index (κ2) is 6.81. The van der Waals surface area contributed by atoms with Crippen LogP contribution in [-0.4, -0.2) is 33.5 Å². The predicted octanol–water partition coefficient (Wildman–Crippen LogP) is 3.80. The molecule has 0 amide bonds. The van der Waals surface area contributed by atoms with Gasteiger partial charge in [0.05, 0.1) is 11.6 Å². The summed E-state index contributed by atoms with van der Waals surface area (Å²) in [5, 5.41) is 12.4. The molecule has 2 unspecified atom stereocenters. The van der Waals surface area contributed by atoms with Gasteiger partial charge < -0.3 is 5.11 Å². The van der Waals surface area contributed by atoms with E-state index in [1.165, 1.54) is 5.56 Å². The molecule has 0 saturated carbocycles. The molecule has 1 aliphatic heterocycles. The standard InChI is InChI=1S/C18H22N2O2S/c1-12-3-6-14(7-4-12)17-19-16(11-23-17)10-20-9-15(18(21)22)8-5-13(20)2/h3-4,6-7,11,13,15H,5,8-10H2,1-2H3,(H,21,22). The Bertz CT molecular complexity index is 681. The third-order valence-corrected chi connectivity index (χ3v) is 5.52. The maximum atomic E-state index is 11.2. The van der Waals surface area contributed by atoms with Gasteiger partial charge in [-0.05, 0) is 26.7 Å². The van der Waals surface area contributed by atoms with Crippen molar-refractivity contribution in [1.29, 1.82) is 0 Å². The summed E-state index contributed by atoms with van der Waals surface area (Å²) in [4.78, 5) is 18.2. The second-order valence-electron chi connectivity index (χ2n) is 6.40. The fourth-order valence-corrected chi connectivity index (χ4v) is 3.83. The third-order valence-electron chi connectivity index (χ3n) is 4.58. The molecular formula is C18H22N2O2S. The molecule has 0 radical (unpaired) electrons. The first-order valence-corrected chi connectivity index (χ1v) is 8.89. The number of carboxylic acid groups (broad SMARTS) is 1. The van der Waals surface area contributed by atoms with Crippen LogP contribution in [0.5, 0.6) is 0 Å². The number of carbonyl (C=O) groups is 1. The number of benzene rings is 1. The molecule has 1 fully saturated rings. The van der Waals surface area contributed by atoms with E-state index in [9.17, 15) is 9.90 Å². The van der Waals surface area contributed by atoms with Gasteiger partial charge in [0.15, 0.2) is 0 Å². The highest BCUT2D eigenvalue weighted by Gasteiger charge is 2.29. The summed E-state index contributed by atoms with van der Waals surface area (Å²) in [6.07, 6.45) is 1.71. The molecule has 1 aromatic carbocycles. The molecule has 1 aliphatic rings. The molecule has 2 atom stereocenters. The van der Waals surface area contributed by atoms with Crippen LogP contribution in [0, 0.1) is 12.8 Å². The Morgan fingerprint density at radius 2 is 2.09 bits per heavy atom. The summed E-state index contributed by atoms with van der Waals surface area (Å²) in [5.74, 6) is -0.929. The minimum Gasteiger partial charge on any atom is -0.481 e. The molecule has 0 aliphatic carbocycles. The summed E-state index contributed by atoms with van der Waals surface area (Å²) in [6.45, 7) is 5.60. The van der Waals surface area contributed by atoms with E-state index < -0.39 is 5.97 Å². The van der Waals surface area contributed by atoms with Gasteiger partial charge in [-0.2, -0.15) is 0 Å². The fourth-order valence-electron chi connectivity index (χ4n) is 3.02. The number of hydrogen-bond acceptors (Lipinski definition) is 4. The molecule has 2 heterocycles. The number of piperidine rings is 1. The Morgan fingerprint density at radius 3 is 2.78 bits per heavy atom. The molecular weight excluding hydrogens is 308 g/mol. The number of hydrogen-bond donors (Lipinski definition) is 1. The Hall–Kier alpha value is -1.72. The van der Waals surface area contributed by atoms with Crippen LogP contribution in [0.15, 0.2) is 29.6 Å². The van der Waals surface area contributed by atoms with Crippen LogP contribution in [0.25, 0.3) is 10.6 Å². The van der Waals surface area contributed by atoms with E-state index >= 15 is 0 Å². The van der Waals surface area contributed by atoms with E-state index in [0.717, 1.165) is 35.7 Å². The second-order valence-corrected chi connectivity index (χ2v) is 7.26. The zero-order valence-electron chi connectivity index (χ0n) is 13.5. The minimum absolute atomic E-state index is 0.249. The van der Waals surface area contributed by atoms with Crippen molar-refractivity contribution in [3.05, 3.63) is 40.9 Å². The molecule has 122 valence electrons. The Labute approximate surface area is 140 Å². The lowest BCUT2D eigenvalue weighted by atomic mass is 9.93. The van der Waals surface area contributed by atoms with Crippen LogP contribution in [0.3, 0.4) is 0 Å². The molecule has 1 saturated heterocycles. The van der Waals surface area contributed by atoms with Gasteiger partial charge in [-0.25, -0.2) is 4.98 Å². The smallest absolute Gasteiger partial charge is 0.307 e. The molecule has 0 bridgehead atoms. The Morgan fingerprint density at radius 1 is 1.35 bits per heavy atom. The van der Waals surface area contributed by atoms with Gasteiger partial charge in [0, 0.05) is 30.1 Å².